The van der Waals surface area contributed by atoms with Crippen molar-refractivity contribution in [3.05, 3.63) is 42.0 Å². The van der Waals surface area contributed by atoms with E-state index in [9.17, 15) is 9.59 Å². The van der Waals surface area contributed by atoms with Gasteiger partial charge in [0.05, 0.1) is 6.04 Å². The lowest BCUT2D eigenvalue weighted by Crippen LogP contribution is -2.36. The maximum Gasteiger partial charge on any atom is 0.217 e. The van der Waals surface area contributed by atoms with E-state index in [1.54, 1.807) is 13.0 Å². The van der Waals surface area contributed by atoms with E-state index in [2.05, 4.69) is 5.32 Å². The fourth-order valence-electron chi connectivity index (χ4n) is 1.26. The molecular formula is C13H15NO2. The molecule has 0 saturated carbocycles. The van der Waals surface area contributed by atoms with Crippen LogP contribution in [0.4, 0.5) is 0 Å². The quantitative estimate of drug-likeness (QED) is 0.781. The summed E-state index contributed by atoms with van der Waals surface area (Å²) in [5.41, 5.74) is 0.964. The molecule has 0 fully saturated rings. The molecule has 1 amide bonds. The van der Waals surface area contributed by atoms with E-state index in [1.807, 2.05) is 30.3 Å². The maximum absolute atomic E-state index is 11.6. The fourth-order valence-corrected chi connectivity index (χ4v) is 1.26. The standard InChI is InChI=1S/C13H15NO2/c1-10(14-11(2)15)13(16)9-8-12-6-4-3-5-7-12/h3-10H,1-2H3,(H,14,15). The van der Waals surface area contributed by atoms with Crippen LogP contribution < -0.4 is 5.32 Å². The number of rotatable bonds is 4. The minimum absolute atomic E-state index is 0.112. The summed E-state index contributed by atoms with van der Waals surface area (Å²) < 4.78 is 0. The van der Waals surface area contributed by atoms with Crippen LogP contribution in [-0.4, -0.2) is 17.7 Å². The second-order valence-corrected chi connectivity index (χ2v) is 3.57. The van der Waals surface area contributed by atoms with Gasteiger partial charge in [-0.25, -0.2) is 0 Å². The van der Waals surface area contributed by atoms with E-state index >= 15 is 0 Å². The van der Waals surface area contributed by atoms with Crippen LogP contribution in [0.5, 0.6) is 0 Å². The Morgan fingerprint density at radius 1 is 1.25 bits per heavy atom. The van der Waals surface area contributed by atoms with Crippen molar-refractivity contribution in [2.45, 2.75) is 19.9 Å². The second kappa shape index (κ2) is 5.85. The van der Waals surface area contributed by atoms with Crippen LogP contribution in [0.2, 0.25) is 0 Å². The van der Waals surface area contributed by atoms with Gasteiger partial charge in [0.1, 0.15) is 0 Å². The van der Waals surface area contributed by atoms with E-state index in [1.165, 1.54) is 13.0 Å². The van der Waals surface area contributed by atoms with Gasteiger partial charge in [0.15, 0.2) is 5.78 Å². The van der Waals surface area contributed by atoms with Crippen molar-refractivity contribution in [3.8, 4) is 0 Å². The van der Waals surface area contributed by atoms with Crippen LogP contribution >= 0.6 is 0 Å². The summed E-state index contributed by atoms with van der Waals surface area (Å²) in [4.78, 5) is 22.3. The lowest BCUT2D eigenvalue weighted by molar-refractivity contribution is -0.124. The molecule has 0 aliphatic carbocycles. The van der Waals surface area contributed by atoms with Crippen molar-refractivity contribution in [2.75, 3.05) is 0 Å². The molecule has 1 aromatic rings. The van der Waals surface area contributed by atoms with E-state index in [4.69, 9.17) is 0 Å². The van der Waals surface area contributed by atoms with Gasteiger partial charge in [-0.2, -0.15) is 0 Å². The summed E-state index contributed by atoms with van der Waals surface area (Å²) in [6.07, 6.45) is 3.22. The molecule has 1 N–H and O–H groups in total. The van der Waals surface area contributed by atoms with Crippen molar-refractivity contribution in [1.29, 1.82) is 0 Å². The van der Waals surface area contributed by atoms with E-state index < -0.39 is 6.04 Å². The minimum atomic E-state index is -0.475. The van der Waals surface area contributed by atoms with Crippen LogP contribution in [0.25, 0.3) is 6.08 Å². The van der Waals surface area contributed by atoms with Gasteiger partial charge in [-0.15, -0.1) is 0 Å². The molecule has 0 spiro atoms. The van der Waals surface area contributed by atoms with Crippen molar-refractivity contribution >= 4 is 17.8 Å². The smallest absolute Gasteiger partial charge is 0.217 e. The summed E-state index contributed by atoms with van der Waals surface area (Å²) >= 11 is 0. The number of nitrogens with one attached hydrogen (secondary N) is 1. The summed E-state index contributed by atoms with van der Waals surface area (Å²) in [5, 5.41) is 2.54. The lowest BCUT2D eigenvalue weighted by atomic mass is 10.1. The fraction of sp³-hybridized carbons (Fsp3) is 0.231. The molecule has 0 saturated heterocycles. The third kappa shape index (κ3) is 4.09. The number of hydrogen-bond donors (Lipinski definition) is 1. The Hall–Kier alpha value is -1.90. The zero-order chi connectivity index (χ0) is 12.0. The Balaban J connectivity index is 2.57. The highest BCUT2D eigenvalue weighted by Crippen LogP contribution is 2.01. The molecule has 1 unspecified atom stereocenters. The molecule has 1 rings (SSSR count). The molecule has 0 aliphatic rings. The molecule has 3 nitrogen and oxygen atoms in total. The van der Waals surface area contributed by atoms with Crippen LogP contribution in [0, 0.1) is 0 Å². The van der Waals surface area contributed by atoms with Gasteiger partial charge in [-0.3, -0.25) is 9.59 Å². The van der Waals surface area contributed by atoms with Gasteiger partial charge in [-0.05, 0) is 18.6 Å². The van der Waals surface area contributed by atoms with E-state index in [0.29, 0.717) is 0 Å². The topological polar surface area (TPSA) is 46.2 Å². The van der Waals surface area contributed by atoms with Crippen molar-refractivity contribution < 1.29 is 9.59 Å². The van der Waals surface area contributed by atoms with Gasteiger partial charge in [0, 0.05) is 6.92 Å². The van der Waals surface area contributed by atoms with Gasteiger partial charge >= 0.3 is 0 Å². The Morgan fingerprint density at radius 2 is 1.88 bits per heavy atom. The largest absolute Gasteiger partial charge is 0.346 e. The molecule has 3 heteroatoms. The first-order chi connectivity index (χ1) is 7.59. The molecule has 1 aromatic carbocycles. The van der Waals surface area contributed by atoms with Gasteiger partial charge in [0.2, 0.25) is 5.91 Å². The third-order valence-electron chi connectivity index (χ3n) is 2.09. The first-order valence-electron chi connectivity index (χ1n) is 5.13. The zero-order valence-corrected chi connectivity index (χ0v) is 9.44. The molecule has 0 heterocycles. The normalized spacial score (nSPS) is 12.4. The highest BCUT2D eigenvalue weighted by Gasteiger charge is 2.09. The zero-order valence-electron chi connectivity index (χ0n) is 9.44. The van der Waals surface area contributed by atoms with Crippen LogP contribution in [0.3, 0.4) is 0 Å². The predicted molar refractivity (Wildman–Crippen MR) is 63.8 cm³/mol. The van der Waals surface area contributed by atoms with Crippen LogP contribution in [0.1, 0.15) is 19.4 Å². The molecular weight excluding hydrogens is 202 g/mol. The van der Waals surface area contributed by atoms with Crippen molar-refractivity contribution in [3.63, 3.8) is 0 Å². The molecule has 0 aromatic heterocycles. The summed E-state index contributed by atoms with van der Waals surface area (Å²) in [5.74, 6) is -0.312. The first-order valence-corrected chi connectivity index (χ1v) is 5.13. The molecule has 16 heavy (non-hydrogen) atoms. The number of carbonyl (C=O) groups excluding carboxylic acids is 2. The Morgan fingerprint density at radius 3 is 2.44 bits per heavy atom. The lowest BCUT2D eigenvalue weighted by Gasteiger charge is -2.07. The highest BCUT2D eigenvalue weighted by molar-refractivity contribution is 5.99. The summed E-state index contributed by atoms with van der Waals surface area (Å²) in [6.45, 7) is 3.06. The van der Waals surface area contributed by atoms with Crippen LogP contribution in [-0.2, 0) is 9.59 Å². The minimum Gasteiger partial charge on any atom is -0.346 e. The van der Waals surface area contributed by atoms with Crippen molar-refractivity contribution in [1.82, 2.24) is 5.32 Å². The van der Waals surface area contributed by atoms with Gasteiger partial charge in [-0.1, -0.05) is 36.4 Å². The van der Waals surface area contributed by atoms with Crippen molar-refractivity contribution in [2.24, 2.45) is 0 Å². The Kier molecular flexibility index (Phi) is 4.45. The van der Waals surface area contributed by atoms with Gasteiger partial charge in [0.25, 0.3) is 0 Å². The SMILES string of the molecule is CC(=O)NC(C)C(=O)C=Cc1ccccc1. The molecule has 1 atom stereocenters. The highest BCUT2D eigenvalue weighted by atomic mass is 16.2. The predicted octanol–water partition coefficient (Wildman–Crippen LogP) is 1.79. The Bertz CT molecular complexity index is 396. The molecule has 0 radical (unpaired) electrons. The molecule has 0 aliphatic heterocycles. The number of hydrogen-bond acceptors (Lipinski definition) is 2. The number of benzene rings is 1. The summed E-state index contributed by atoms with van der Waals surface area (Å²) in [6, 6.07) is 9.07. The van der Waals surface area contributed by atoms with E-state index in [-0.39, 0.29) is 11.7 Å². The number of carbonyl (C=O) groups is 2. The van der Waals surface area contributed by atoms with E-state index in [0.717, 1.165) is 5.56 Å². The summed E-state index contributed by atoms with van der Waals surface area (Å²) in [7, 11) is 0. The molecule has 84 valence electrons. The second-order valence-electron chi connectivity index (χ2n) is 3.57. The maximum atomic E-state index is 11.6. The van der Waals surface area contributed by atoms with Crippen LogP contribution in [0.15, 0.2) is 36.4 Å². The molecule has 0 bridgehead atoms. The average Bonchev–Trinajstić information content (AvgIpc) is 2.26. The van der Waals surface area contributed by atoms with Gasteiger partial charge < -0.3 is 5.32 Å². The monoisotopic (exact) mass is 217 g/mol. The number of amides is 1. The first kappa shape index (κ1) is 12.2. The third-order valence-corrected chi connectivity index (χ3v) is 2.09. The number of ketones is 1. The average molecular weight is 217 g/mol. The Labute approximate surface area is 95.2 Å².